The van der Waals surface area contributed by atoms with Crippen LogP contribution in [-0.2, 0) is 17.9 Å². The van der Waals surface area contributed by atoms with E-state index in [-0.39, 0.29) is 5.91 Å². The molecule has 0 saturated carbocycles. The largest absolute Gasteiger partial charge is 0.351 e. The minimum Gasteiger partial charge on any atom is -0.351 e. The van der Waals surface area contributed by atoms with E-state index in [0.29, 0.717) is 13.1 Å². The number of rotatable bonds is 8. The molecule has 3 N–H and O–H groups in total. The third-order valence-corrected chi connectivity index (χ3v) is 5.88. The number of hydrogen-bond donors (Lipinski definition) is 2. The summed E-state index contributed by atoms with van der Waals surface area (Å²) in [6.45, 7) is 8.43. The molecule has 0 radical (unpaired) electrons. The summed E-state index contributed by atoms with van der Waals surface area (Å²) in [4.78, 5) is 15.2. The summed E-state index contributed by atoms with van der Waals surface area (Å²) in [6.07, 6.45) is 6.85. The highest BCUT2D eigenvalue weighted by Gasteiger charge is 2.33. The van der Waals surface area contributed by atoms with Gasteiger partial charge < -0.3 is 11.1 Å². The average Bonchev–Trinajstić information content (AvgIpc) is 2.91. The number of nitrogens with two attached hydrogens (primary N) is 1. The fourth-order valence-corrected chi connectivity index (χ4v) is 3.73. The van der Waals surface area contributed by atoms with Crippen LogP contribution in [-0.4, -0.2) is 30.4 Å². The predicted octanol–water partition coefficient (Wildman–Crippen LogP) is 3.44. The molecule has 1 fully saturated rings. The maximum atomic E-state index is 12.7. The molecule has 25 heavy (non-hydrogen) atoms. The first-order valence-corrected chi connectivity index (χ1v) is 9.92. The third kappa shape index (κ3) is 5.29. The van der Waals surface area contributed by atoms with Crippen LogP contribution in [0.4, 0.5) is 0 Å². The highest BCUT2D eigenvalue weighted by atomic mass is 16.2. The molecule has 1 saturated heterocycles. The van der Waals surface area contributed by atoms with Crippen LogP contribution in [0.5, 0.6) is 0 Å². The second-order valence-electron chi connectivity index (χ2n) is 7.33. The van der Waals surface area contributed by atoms with Crippen LogP contribution in [0.25, 0.3) is 0 Å². The topological polar surface area (TPSA) is 58.4 Å². The van der Waals surface area contributed by atoms with Gasteiger partial charge in [-0.15, -0.1) is 0 Å². The molecule has 2 rings (SSSR count). The summed E-state index contributed by atoms with van der Waals surface area (Å²) in [5.74, 6) is 0.0876. The van der Waals surface area contributed by atoms with Crippen LogP contribution in [0.2, 0.25) is 0 Å². The molecule has 0 bridgehead atoms. The van der Waals surface area contributed by atoms with E-state index in [1.54, 1.807) is 0 Å². The van der Waals surface area contributed by atoms with E-state index in [2.05, 4.69) is 34.5 Å². The quantitative estimate of drug-likeness (QED) is 0.759. The van der Waals surface area contributed by atoms with Crippen LogP contribution < -0.4 is 11.1 Å². The lowest BCUT2D eigenvalue weighted by atomic mass is 9.81. The van der Waals surface area contributed by atoms with Gasteiger partial charge in [0.1, 0.15) is 0 Å². The molecule has 0 unspecified atom stereocenters. The first-order chi connectivity index (χ1) is 12.1. The van der Waals surface area contributed by atoms with Crippen LogP contribution in [0.3, 0.4) is 0 Å². The van der Waals surface area contributed by atoms with E-state index >= 15 is 0 Å². The Balaban J connectivity index is 2.01. The zero-order chi connectivity index (χ0) is 18.1. The number of likely N-dealkylation sites (tertiary alicyclic amines) is 1. The van der Waals surface area contributed by atoms with Gasteiger partial charge >= 0.3 is 0 Å². The second kappa shape index (κ2) is 9.93. The van der Waals surface area contributed by atoms with Gasteiger partial charge in [-0.3, -0.25) is 9.69 Å². The van der Waals surface area contributed by atoms with E-state index in [1.807, 2.05) is 13.8 Å². The molecule has 0 spiro atoms. The lowest BCUT2D eigenvalue weighted by molar-refractivity contribution is -0.131. The predicted molar refractivity (Wildman–Crippen MR) is 104 cm³/mol. The Morgan fingerprint density at radius 2 is 1.68 bits per heavy atom. The first kappa shape index (κ1) is 19.9. The zero-order valence-electron chi connectivity index (χ0n) is 16.0. The van der Waals surface area contributed by atoms with Crippen LogP contribution in [0, 0.1) is 5.41 Å². The molecule has 1 heterocycles. The average molecular weight is 346 g/mol. The summed E-state index contributed by atoms with van der Waals surface area (Å²) >= 11 is 0. The van der Waals surface area contributed by atoms with Gasteiger partial charge in [-0.1, -0.05) is 51.0 Å². The highest BCUT2D eigenvalue weighted by Crippen LogP contribution is 2.25. The Bertz CT molecular complexity index is 523. The maximum Gasteiger partial charge on any atom is 0.227 e. The fourth-order valence-electron chi connectivity index (χ4n) is 3.73. The Kier molecular flexibility index (Phi) is 7.91. The number of nitrogens with one attached hydrogen (secondary N) is 1. The van der Waals surface area contributed by atoms with Crippen molar-refractivity contribution in [3.05, 3.63) is 35.4 Å². The molecule has 4 nitrogen and oxygen atoms in total. The van der Waals surface area contributed by atoms with E-state index in [0.717, 1.165) is 19.4 Å². The highest BCUT2D eigenvalue weighted by molar-refractivity contribution is 5.82. The molecule has 0 aliphatic carbocycles. The molecular formula is C21H35N3O. The zero-order valence-corrected chi connectivity index (χ0v) is 16.0. The molecule has 1 aromatic rings. The summed E-state index contributed by atoms with van der Waals surface area (Å²) in [7, 11) is 0. The fraction of sp³-hybridized carbons (Fsp3) is 0.667. The minimum atomic E-state index is -0.431. The van der Waals surface area contributed by atoms with Crippen molar-refractivity contribution in [1.82, 2.24) is 10.2 Å². The van der Waals surface area contributed by atoms with Crippen molar-refractivity contribution in [2.45, 2.75) is 65.5 Å². The van der Waals surface area contributed by atoms with Crippen molar-refractivity contribution >= 4 is 5.91 Å². The molecule has 1 aliphatic heterocycles. The number of nitrogens with zero attached hydrogens (tertiary/aromatic N) is 1. The molecule has 4 heteroatoms. The lowest BCUT2D eigenvalue weighted by Crippen LogP contribution is -2.45. The van der Waals surface area contributed by atoms with Gasteiger partial charge in [-0.05, 0) is 49.9 Å². The van der Waals surface area contributed by atoms with Gasteiger partial charge in [-0.2, -0.15) is 0 Å². The van der Waals surface area contributed by atoms with Gasteiger partial charge in [-0.25, -0.2) is 0 Å². The van der Waals surface area contributed by atoms with Gasteiger partial charge in [0.15, 0.2) is 0 Å². The molecule has 1 aromatic carbocycles. The number of carbonyl (C=O) groups is 1. The Hall–Kier alpha value is -1.39. The van der Waals surface area contributed by atoms with Gasteiger partial charge in [0.25, 0.3) is 0 Å². The lowest BCUT2D eigenvalue weighted by Gasteiger charge is -2.29. The minimum absolute atomic E-state index is 0.0876. The van der Waals surface area contributed by atoms with Crippen LogP contribution in [0.1, 0.15) is 63.5 Å². The van der Waals surface area contributed by atoms with Gasteiger partial charge in [0.2, 0.25) is 5.91 Å². The van der Waals surface area contributed by atoms with Gasteiger partial charge in [0, 0.05) is 19.6 Å². The summed E-state index contributed by atoms with van der Waals surface area (Å²) in [6, 6.07) is 8.49. The van der Waals surface area contributed by atoms with E-state index < -0.39 is 5.41 Å². The van der Waals surface area contributed by atoms with E-state index in [1.165, 1.54) is 49.9 Å². The van der Waals surface area contributed by atoms with E-state index in [4.69, 9.17) is 5.73 Å². The maximum absolute atomic E-state index is 12.7. The smallest absolute Gasteiger partial charge is 0.227 e. The van der Waals surface area contributed by atoms with Crippen molar-refractivity contribution in [3.63, 3.8) is 0 Å². The van der Waals surface area contributed by atoms with Crippen LogP contribution in [0.15, 0.2) is 24.3 Å². The summed E-state index contributed by atoms with van der Waals surface area (Å²) in [5.41, 5.74) is 8.02. The number of hydrogen-bond acceptors (Lipinski definition) is 3. The second-order valence-corrected chi connectivity index (χ2v) is 7.33. The Morgan fingerprint density at radius 3 is 2.24 bits per heavy atom. The normalized spacial score (nSPS) is 16.4. The Labute approximate surface area is 153 Å². The monoisotopic (exact) mass is 345 g/mol. The molecule has 0 aromatic heterocycles. The first-order valence-electron chi connectivity index (χ1n) is 9.92. The van der Waals surface area contributed by atoms with Gasteiger partial charge in [0.05, 0.1) is 5.41 Å². The molecule has 0 atom stereocenters. The third-order valence-electron chi connectivity index (χ3n) is 5.88. The van der Waals surface area contributed by atoms with Crippen molar-refractivity contribution < 1.29 is 4.79 Å². The number of carbonyl (C=O) groups excluding carboxylic acids is 1. The van der Waals surface area contributed by atoms with Crippen molar-refractivity contribution in [3.8, 4) is 0 Å². The molecule has 1 amide bonds. The summed E-state index contributed by atoms with van der Waals surface area (Å²) in [5, 5.41) is 3.15. The van der Waals surface area contributed by atoms with Crippen molar-refractivity contribution in [1.29, 1.82) is 0 Å². The van der Waals surface area contributed by atoms with Crippen LogP contribution >= 0.6 is 0 Å². The summed E-state index contributed by atoms with van der Waals surface area (Å²) < 4.78 is 0. The molecular weight excluding hydrogens is 310 g/mol. The molecule has 1 aliphatic rings. The SMILES string of the molecule is CCC(CC)(CN)C(=O)NCc1ccccc1CN1CCCCCC1. The van der Waals surface area contributed by atoms with E-state index in [9.17, 15) is 4.79 Å². The Morgan fingerprint density at radius 1 is 1.08 bits per heavy atom. The number of amides is 1. The van der Waals surface area contributed by atoms with Crippen molar-refractivity contribution in [2.24, 2.45) is 11.1 Å². The molecule has 140 valence electrons. The number of benzene rings is 1. The standard InChI is InChI=1S/C21H35N3O/c1-3-21(4-2,17-22)20(25)23-15-18-11-7-8-12-19(18)16-24-13-9-5-6-10-14-24/h7-8,11-12H,3-6,9-10,13-17,22H2,1-2H3,(H,23,25). The van der Waals surface area contributed by atoms with Crippen molar-refractivity contribution in [2.75, 3.05) is 19.6 Å².